The zero-order valence-electron chi connectivity index (χ0n) is 9.56. The second-order valence-corrected chi connectivity index (χ2v) is 5.62. The first-order valence-electron chi connectivity index (χ1n) is 5.62. The average molecular weight is 184 g/mol. The van der Waals surface area contributed by atoms with Crippen molar-refractivity contribution in [1.29, 1.82) is 0 Å². The van der Waals surface area contributed by atoms with Gasteiger partial charge in [-0.05, 0) is 37.0 Å². The molecule has 1 heteroatoms. The highest BCUT2D eigenvalue weighted by atomic mass is 16.3. The molecule has 78 valence electrons. The van der Waals surface area contributed by atoms with Gasteiger partial charge in [-0.1, -0.05) is 34.1 Å². The Hall–Kier alpha value is -0.0400. The summed E-state index contributed by atoms with van der Waals surface area (Å²) in [5.41, 5.74) is 0.0870. The molecule has 1 rings (SSSR count). The van der Waals surface area contributed by atoms with Crippen LogP contribution in [0.1, 0.15) is 59.8 Å². The summed E-state index contributed by atoms with van der Waals surface area (Å²) in [6, 6.07) is 0. The van der Waals surface area contributed by atoms with Crippen LogP contribution < -0.4 is 0 Å². The monoisotopic (exact) mass is 184 g/mol. The van der Waals surface area contributed by atoms with Crippen LogP contribution in [-0.2, 0) is 0 Å². The first-order chi connectivity index (χ1) is 5.90. The van der Waals surface area contributed by atoms with Crippen LogP contribution in [0.15, 0.2) is 0 Å². The molecule has 1 N–H and O–H groups in total. The molecule has 0 radical (unpaired) electrons. The van der Waals surface area contributed by atoms with Crippen LogP contribution >= 0.6 is 0 Å². The first-order valence-corrected chi connectivity index (χ1v) is 5.62. The molecule has 0 bridgehead atoms. The Balaban J connectivity index is 2.62. The maximum Gasteiger partial charge on any atom is 0.0673 e. The molecular formula is C12H24O. The van der Waals surface area contributed by atoms with Crippen molar-refractivity contribution < 1.29 is 5.11 Å². The summed E-state index contributed by atoms with van der Waals surface area (Å²) >= 11 is 0. The van der Waals surface area contributed by atoms with Crippen LogP contribution in [0.2, 0.25) is 0 Å². The Kier molecular flexibility index (Phi) is 3.06. The van der Waals surface area contributed by atoms with E-state index in [0.29, 0.717) is 11.3 Å². The van der Waals surface area contributed by atoms with Crippen LogP contribution in [0.5, 0.6) is 0 Å². The minimum atomic E-state index is -0.357. The van der Waals surface area contributed by atoms with Gasteiger partial charge in [0.25, 0.3) is 0 Å². The molecule has 13 heavy (non-hydrogen) atoms. The molecule has 2 unspecified atom stereocenters. The van der Waals surface area contributed by atoms with Crippen LogP contribution in [0, 0.1) is 11.3 Å². The fourth-order valence-corrected chi connectivity index (χ4v) is 2.73. The van der Waals surface area contributed by atoms with Gasteiger partial charge in [-0.25, -0.2) is 0 Å². The quantitative estimate of drug-likeness (QED) is 0.697. The number of aliphatic hydroxyl groups is 1. The maximum atomic E-state index is 10.4. The third-order valence-electron chi connectivity index (χ3n) is 3.69. The molecule has 1 nitrogen and oxygen atoms in total. The second kappa shape index (κ2) is 3.61. The predicted octanol–water partition coefficient (Wildman–Crippen LogP) is 3.36. The lowest BCUT2D eigenvalue weighted by atomic mass is 9.64. The van der Waals surface area contributed by atoms with Crippen molar-refractivity contribution >= 4 is 0 Å². The van der Waals surface area contributed by atoms with Crippen molar-refractivity contribution in [1.82, 2.24) is 0 Å². The van der Waals surface area contributed by atoms with Crippen molar-refractivity contribution in [2.45, 2.75) is 65.4 Å². The lowest BCUT2D eigenvalue weighted by Gasteiger charge is -2.45. The Morgan fingerprint density at radius 2 is 1.92 bits per heavy atom. The summed E-state index contributed by atoms with van der Waals surface area (Å²) in [4.78, 5) is 0. The van der Waals surface area contributed by atoms with Gasteiger partial charge in [0, 0.05) is 0 Å². The normalized spacial score (nSPS) is 39.0. The molecule has 0 aliphatic heterocycles. The number of rotatable bonds is 2. The fourth-order valence-electron chi connectivity index (χ4n) is 2.73. The van der Waals surface area contributed by atoms with Crippen LogP contribution in [0.3, 0.4) is 0 Å². The van der Waals surface area contributed by atoms with Crippen LogP contribution in [0.4, 0.5) is 0 Å². The summed E-state index contributed by atoms with van der Waals surface area (Å²) in [5.74, 6) is 0.469. The van der Waals surface area contributed by atoms with Gasteiger partial charge >= 0.3 is 0 Å². The molecular weight excluding hydrogens is 160 g/mol. The summed E-state index contributed by atoms with van der Waals surface area (Å²) in [6.45, 7) is 8.99. The van der Waals surface area contributed by atoms with Crippen molar-refractivity contribution in [3.63, 3.8) is 0 Å². The third kappa shape index (κ3) is 2.46. The molecule has 0 aromatic heterocycles. The Morgan fingerprint density at radius 3 is 2.38 bits per heavy atom. The predicted molar refractivity (Wildman–Crippen MR) is 56.7 cm³/mol. The lowest BCUT2D eigenvalue weighted by Crippen LogP contribution is -2.43. The summed E-state index contributed by atoms with van der Waals surface area (Å²) in [6.07, 6.45) is 5.41. The second-order valence-electron chi connectivity index (χ2n) is 5.62. The van der Waals surface area contributed by atoms with Gasteiger partial charge in [-0.2, -0.15) is 0 Å². The highest BCUT2D eigenvalue weighted by molar-refractivity contribution is 4.93. The van der Waals surface area contributed by atoms with Gasteiger partial charge in [-0.15, -0.1) is 0 Å². The largest absolute Gasteiger partial charge is 0.390 e. The van der Waals surface area contributed by atoms with Crippen molar-refractivity contribution in [2.75, 3.05) is 0 Å². The van der Waals surface area contributed by atoms with E-state index in [-0.39, 0.29) is 5.60 Å². The Morgan fingerprint density at radius 1 is 1.31 bits per heavy atom. The van der Waals surface area contributed by atoms with E-state index in [0.717, 1.165) is 19.3 Å². The highest BCUT2D eigenvalue weighted by Gasteiger charge is 2.41. The summed E-state index contributed by atoms with van der Waals surface area (Å²) < 4.78 is 0. The molecule has 1 aliphatic rings. The molecule has 2 atom stereocenters. The molecule has 1 aliphatic carbocycles. The van der Waals surface area contributed by atoms with E-state index in [2.05, 4.69) is 27.7 Å². The Bertz CT molecular complexity index is 174. The van der Waals surface area contributed by atoms with Crippen molar-refractivity contribution in [3.8, 4) is 0 Å². The van der Waals surface area contributed by atoms with E-state index in [4.69, 9.17) is 0 Å². The average Bonchev–Trinajstić information content (AvgIpc) is 1.99. The van der Waals surface area contributed by atoms with Gasteiger partial charge in [0.2, 0.25) is 0 Å². The van der Waals surface area contributed by atoms with E-state index in [1.807, 2.05) is 0 Å². The minimum absolute atomic E-state index is 0.357. The van der Waals surface area contributed by atoms with Crippen LogP contribution in [-0.4, -0.2) is 10.7 Å². The van der Waals surface area contributed by atoms with Gasteiger partial charge in [0.1, 0.15) is 0 Å². The molecule has 0 heterocycles. The molecule has 0 aromatic carbocycles. The van der Waals surface area contributed by atoms with Gasteiger partial charge in [-0.3, -0.25) is 0 Å². The smallest absolute Gasteiger partial charge is 0.0673 e. The zero-order chi connectivity index (χ0) is 10.1. The number of hydrogen-bond acceptors (Lipinski definition) is 1. The van der Waals surface area contributed by atoms with Crippen molar-refractivity contribution in [3.05, 3.63) is 0 Å². The van der Waals surface area contributed by atoms with Gasteiger partial charge in [0.05, 0.1) is 5.60 Å². The zero-order valence-corrected chi connectivity index (χ0v) is 9.56. The first kappa shape index (κ1) is 11.0. The topological polar surface area (TPSA) is 20.2 Å². The molecule has 0 saturated heterocycles. The van der Waals surface area contributed by atoms with Crippen molar-refractivity contribution in [2.24, 2.45) is 11.3 Å². The molecule has 1 fully saturated rings. The summed E-state index contributed by atoms with van der Waals surface area (Å²) in [7, 11) is 0. The van der Waals surface area contributed by atoms with E-state index in [1.54, 1.807) is 0 Å². The number of hydrogen-bond donors (Lipinski definition) is 1. The van der Waals surface area contributed by atoms with Crippen LogP contribution in [0.25, 0.3) is 0 Å². The summed E-state index contributed by atoms with van der Waals surface area (Å²) in [5, 5.41) is 10.4. The molecule has 0 aromatic rings. The lowest BCUT2D eigenvalue weighted by molar-refractivity contribution is -0.0769. The molecule has 0 amide bonds. The highest BCUT2D eigenvalue weighted by Crippen LogP contribution is 2.45. The maximum absolute atomic E-state index is 10.4. The van der Waals surface area contributed by atoms with E-state index in [1.165, 1.54) is 12.8 Å². The fraction of sp³-hybridized carbons (Fsp3) is 1.00. The minimum Gasteiger partial charge on any atom is -0.390 e. The third-order valence-corrected chi connectivity index (χ3v) is 3.69. The van der Waals surface area contributed by atoms with E-state index in [9.17, 15) is 5.11 Å². The van der Waals surface area contributed by atoms with E-state index < -0.39 is 0 Å². The molecule has 1 saturated carbocycles. The Labute approximate surface area is 82.5 Å². The SMILES string of the molecule is CCCC1(O)CCC(C)(C)CC1C. The van der Waals surface area contributed by atoms with E-state index >= 15 is 0 Å². The van der Waals surface area contributed by atoms with Gasteiger partial charge < -0.3 is 5.11 Å². The molecule has 0 spiro atoms. The van der Waals surface area contributed by atoms with Gasteiger partial charge in [0.15, 0.2) is 0 Å². The standard InChI is InChI=1S/C12H24O/c1-5-6-12(13)8-7-11(3,4)9-10(12)2/h10,13H,5-9H2,1-4H3.